The second-order valence-corrected chi connectivity index (χ2v) is 8.34. The Morgan fingerprint density at radius 3 is 2.45 bits per heavy atom. The molecule has 1 aromatic carbocycles. The van der Waals surface area contributed by atoms with Crippen LogP contribution in [0.2, 0.25) is 0 Å². The van der Waals surface area contributed by atoms with Crippen molar-refractivity contribution in [1.29, 1.82) is 0 Å². The Labute approximate surface area is 137 Å². The third-order valence-electron chi connectivity index (χ3n) is 2.67. The smallest absolute Gasteiger partial charge is 0.243 e. The summed E-state index contributed by atoms with van der Waals surface area (Å²) in [7, 11) is 0.251. The summed E-state index contributed by atoms with van der Waals surface area (Å²) in [6.07, 6.45) is 0.723. The van der Waals surface area contributed by atoms with Crippen molar-refractivity contribution in [3.63, 3.8) is 0 Å². The van der Waals surface area contributed by atoms with E-state index < -0.39 is 10.0 Å². The molecule has 1 aromatic rings. The van der Waals surface area contributed by atoms with Crippen LogP contribution in [0.4, 0.5) is 5.69 Å². The second-order valence-electron chi connectivity index (χ2n) is 4.92. The van der Waals surface area contributed by atoms with Crippen LogP contribution in [0.3, 0.4) is 0 Å². The van der Waals surface area contributed by atoms with E-state index in [4.69, 9.17) is 5.73 Å². The van der Waals surface area contributed by atoms with Crippen LogP contribution in [0, 0.1) is 0 Å². The van der Waals surface area contributed by atoms with Crippen molar-refractivity contribution >= 4 is 47.6 Å². The monoisotopic (exact) mass is 427 g/mol. The molecule has 1 unspecified atom stereocenters. The summed E-state index contributed by atoms with van der Waals surface area (Å²) in [5, 5.41) is 0. The van der Waals surface area contributed by atoms with Crippen LogP contribution in [0.1, 0.15) is 13.3 Å². The molecule has 1 atom stereocenters. The van der Waals surface area contributed by atoms with Gasteiger partial charge in [0.25, 0.3) is 0 Å². The fourth-order valence-electron chi connectivity index (χ4n) is 1.70. The fraction of sp³-hybridized carbons (Fsp3) is 0.500. The molecule has 8 heteroatoms. The van der Waals surface area contributed by atoms with Gasteiger partial charge in [-0.15, -0.1) is 0 Å². The Kier molecular flexibility index (Phi) is 6.46. The molecule has 0 fully saturated rings. The van der Waals surface area contributed by atoms with Gasteiger partial charge >= 0.3 is 0 Å². The maximum Gasteiger partial charge on any atom is 0.243 e. The van der Waals surface area contributed by atoms with E-state index in [-0.39, 0.29) is 16.6 Å². The summed E-state index contributed by atoms with van der Waals surface area (Å²) < 4.78 is 28.6. The maximum atomic E-state index is 12.4. The van der Waals surface area contributed by atoms with E-state index in [0.29, 0.717) is 4.47 Å². The molecule has 0 heterocycles. The number of sulfonamides is 1. The summed E-state index contributed by atoms with van der Waals surface area (Å²) in [6.45, 7) is 2.64. The van der Waals surface area contributed by atoms with E-state index in [1.54, 1.807) is 12.1 Å². The Morgan fingerprint density at radius 2 is 1.95 bits per heavy atom. The predicted molar refractivity (Wildman–Crippen MR) is 89.2 cm³/mol. The van der Waals surface area contributed by atoms with E-state index in [1.807, 2.05) is 25.9 Å². The maximum absolute atomic E-state index is 12.4. The predicted octanol–water partition coefficient (Wildman–Crippen LogP) is 2.41. The lowest BCUT2D eigenvalue weighted by Gasteiger charge is -2.18. The summed E-state index contributed by atoms with van der Waals surface area (Å²) in [5.74, 6) is 0. The van der Waals surface area contributed by atoms with Gasteiger partial charge in [-0.1, -0.05) is 15.9 Å². The molecule has 5 nitrogen and oxygen atoms in total. The van der Waals surface area contributed by atoms with Crippen molar-refractivity contribution in [3.05, 3.63) is 21.1 Å². The molecule has 0 aliphatic heterocycles. The largest absolute Gasteiger partial charge is 0.398 e. The standard InChI is InChI=1S/C12H19Br2N3O2S/c1-8(4-5-17(2)3)16-20(18,19)12-10(14)6-9(13)7-11(12)15/h6-8,16H,4-5,15H2,1-3H3. The van der Waals surface area contributed by atoms with Gasteiger partial charge in [-0.25, -0.2) is 13.1 Å². The molecular weight excluding hydrogens is 410 g/mol. The summed E-state index contributed by atoms with van der Waals surface area (Å²) in [5.41, 5.74) is 6.03. The normalized spacial score (nSPS) is 13.7. The first-order chi connectivity index (χ1) is 9.13. The van der Waals surface area contributed by atoms with Crippen LogP contribution >= 0.6 is 31.9 Å². The van der Waals surface area contributed by atoms with Gasteiger partial charge in [-0.3, -0.25) is 0 Å². The number of nitrogens with zero attached hydrogens (tertiary/aromatic N) is 1. The van der Waals surface area contributed by atoms with Crippen molar-refractivity contribution < 1.29 is 8.42 Å². The summed E-state index contributed by atoms with van der Waals surface area (Å²) in [4.78, 5) is 2.09. The number of hydrogen-bond acceptors (Lipinski definition) is 4. The summed E-state index contributed by atoms with van der Waals surface area (Å²) >= 11 is 6.52. The van der Waals surface area contributed by atoms with Crippen LogP contribution in [-0.2, 0) is 10.0 Å². The molecule has 0 aromatic heterocycles. The van der Waals surface area contributed by atoms with E-state index in [0.717, 1.165) is 17.4 Å². The van der Waals surface area contributed by atoms with Crippen LogP contribution in [0.5, 0.6) is 0 Å². The lowest BCUT2D eigenvalue weighted by molar-refractivity contribution is 0.379. The number of hydrogen-bond donors (Lipinski definition) is 2. The zero-order chi connectivity index (χ0) is 15.5. The van der Waals surface area contributed by atoms with Crippen molar-refractivity contribution in [2.75, 3.05) is 26.4 Å². The number of anilines is 1. The fourth-order valence-corrected chi connectivity index (χ4v) is 5.05. The average molecular weight is 429 g/mol. The van der Waals surface area contributed by atoms with Gasteiger partial charge in [0.05, 0.1) is 5.69 Å². The van der Waals surface area contributed by atoms with Gasteiger partial charge in [0.15, 0.2) is 0 Å². The molecule has 0 radical (unpaired) electrons. The molecule has 0 amide bonds. The molecule has 3 N–H and O–H groups in total. The zero-order valence-corrected chi connectivity index (χ0v) is 15.6. The minimum atomic E-state index is -3.65. The highest BCUT2D eigenvalue weighted by Crippen LogP contribution is 2.31. The van der Waals surface area contributed by atoms with E-state index >= 15 is 0 Å². The van der Waals surface area contributed by atoms with E-state index in [9.17, 15) is 8.42 Å². The number of nitrogens with two attached hydrogens (primary N) is 1. The molecule has 0 saturated carbocycles. The van der Waals surface area contributed by atoms with E-state index in [1.165, 1.54) is 0 Å². The van der Waals surface area contributed by atoms with Crippen LogP contribution in [0.25, 0.3) is 0 Å². The first kappa shape index (κ1) is 17.9. The van der Waals surface area contributed by atoms with E-state index in [2.05, 4.69) is 36.6 Å². The lowest BCUT2D eigenvalue weighted by atomic mass is 10.2. The molecule has 0 aliphatic rings. The summed E-state index contributed by atoms with van der Waals surface area (Å²) in [6, 6.07) is 3.07. The van der Waals surface area contributed by atoms with Crippen molar-refractivity contribution in [3.8, 4) is 0 Å². The zero-order valence-electron chi connectivity index (χ0n) is 11.7. The molecule has 0 aliphatic carbocycles. The highest BCUT2D eigenvalue weighted by atomic mass is 79.9. The van der Waals surface area contributed by atoms with Crippen LogP contribution in [0.15, 0.2) is 26.0 Å². The Morgan fingerprint density at radius 1 is 1.35 bits per heavy atom. The topological polar surface area (TPSA) is 75.4 Å². The van der Waals surface area contributed by atoms with Crippen LogP contribution < -0.4 is 10.5 Å². The number of nitrogen functional groups attached to an aromatic ring is 1. The van der Waals surface area contributed by atoms with Gasteiger partial charge in [-0.2, -0.15) is 0 Å². The number of nitrogens with one attached hydrogen (secondary N) is 1. The molecular formula is C12H19Br2N3O2S. The van der Waals surface area contributed by atoms with Gasteiger partial charge in [0, 0.05) is 15.0 Å². The van der Waals surface area contributed by atoms with Gasteiger partial charge in [0.1, 0.15) is 4.90 Å². The number of benzene rings is 1. The molecule has 1 rings (SSSR count). The second kappa shape index (κ2) is 7.22. The first-order valence-corrected chi connectivity index (χ1v) is 9.12. The Balaban J connectivity index is 2.95. The van der Waals surface area contributed by atoms with Crippen molar-refractivity contribution in [2.24, 2.45) is 0 Å². The average Bonchev–Trinajstić information content (AvgIpc) is 2.23. The minimum Gasteiger partial charge on any atom is -0.398 e. The third-order valence-corrected chi connectivity index (χ3v) is 5.72. The lowest BCUT2D eigenvalue weighted by Crippen LogP contribution is -2.35. The highest BCUT2D eigenvalue weighted by molar-refractivity contribution is 9.11. The van der Waals surface area contributed by atoms with Crippen molar-refractivity contribution in [2.45, 2.75) is 24.3 Å². The Bertz CT molecular complexity index is 553. The highest BCUT2D eigenvalue weighted by Gasteiger charge is 2.23. The molecule has 114 valence electrons. The quantitative estimate of drug-likeness (QED) is 0.682. The van der Waals surface area contributed by atoms with Crippen LogP contribution in [-0.4, -0.2) is 40.0 Å². The van der Waals surface area contributed by atoms with Gasteiger partial charge in [-0.05, 0) is 62.0 Å². The van der Waals surface area contributed by atoms with Gasteiger partial charge in [0.2, 0.25) is 10.0 Å². The number of rotatable bonds is 6. The van der Waals surface area contributed by atoms with Gasteiger partial charge < -0.3 is 10.6 Å². The molecule has 0 saturated heterocycles. The SMILES string of the molecule is CC(CCN(C)C)NS(=O)(=O)c1c(N)cc(Br)cc1Br. The molecule has 0 spiro atoms. The molecule has 20 heavy (non-hydrogen) atoms. The Hall–Kier alpha value is -0.150. The molecule has 0 bridgehead atoms. The first-order valence-electron chi connectivity index (χ1n) is 6.05. The third kappa shape index (κ3) is 5.00. The van der Waals surface area contributed by atoms with Crippen molar-refractivity contribution in [1.82, 2.24) is 9.62 Å². The number of halogens is 2. The minimum absolute atomic E-state index is 0.0809.